The maximum absolute atomic E-state index is 11.8. The predicted octanol–water partition coefficient (Wildman–Crippen LogP) is 2.00. The lowest BCUT2D eigenvalue weighted by molar-refractivity contribution is -0.174. The Bertz CT molecular complexity index is 246. The molecular formula is C11H20F3NO3. The summed E-state index contributed by atoms with van der Waals surface area (Å²) >= 11 is 0. The summed E-state index contributed by atoms with van der Waals surface area (Å²) < 4.78 is 39.8. The Morgan fingerprint density at radius 2 is 2.06 bits per heavy atom. The molecule has 18 heavy (non-hydrogen) atoms. The van der Waals surface area contributed by atoms with Gasteiger partial charge in [-0.2, -0.15) is 13.2 Å². The first-order valence-electron chi connectivity index (χ1n) is 5.86. The molecule has 1 N–H and O–H groups in total. The first-order chi connectivity index (χ1) is 8.26. The van der Waals surface area contributed by atoms with E-state index in [-0.39, 0.29) is 6.61 Å². The number of hydrogen-bond donors (Lipinski definition) is 1. The molecule has 0 heterocycles. The molecule has 0 aliphatic rings. The fraction of sp³-hybridized carbons (Fsp3) is 0.909. The molecule has 0 spiro atoms. The van der Waals surface area contributed by atoms with Gasteiger partial charge in [0.15, 0.2) is 0 Å². The summed E-state index contributed by atoms with van der Waals surface area (Å²) in [6.45, 7) is 3.87. The van der Waals surface area contributed by atoms with Crippen LogP contribution in [0.1, 0.15) is 20.3 Å². The van der Waals surface area contributed by atoms with Crippen LogP contribution >= 0.6 is 0 Å². The number of rotatable bonds is 9. The second-order valence-corrected chi connectivity index (χ2v) is 4.15. The molecule has 1 unspecified atom stereocenters. The molecule has 7 heteroatoms. The molecule has 108 valence electrons. The van der Waals surface area contributed by atoms with E-state index in [1.165, 1.54) is 0 Å². The Hall–Kier alpha value is -0.820. The van der Waals surface area contributed by atoms with Crippen LogP contribution in [0.3, 0.4) is 0 Å². The molecule has 0 saturated carbocycles. The highest BCUT2D eigenvalue weighted by molar-refractivity contribution is 5.69. The molecular weight excluding hydrogens is 251 g/mol. The SMILES string of the molecule is CCN(CCCOCC(F)(F)F)CC(C)C(=O)O. The van der Waals surface area contributed by atoms with Crippen LogP contribution in [0.4, 0.5) is 13.2 Å². The number of halogens is 3. The van der Waals surface area contributed by atoms with E-state index in [1.54, 1.807) is 6.92 Å². The Balaban J connectivity index is 3.71. The minimum atomic E-state index is -4.29. The fourth-order valence-electron chi connectivity index (χ4n) is 1.42. The summed E-state index contributed by atoms with van der Waals surface area (Å²) in [6, 6.07) is 0. The van der Waals surface area contributed by atoms with Crippen molar-refractivity contribution in [1.82, 2.24) is 4.90 Å². The highest BCUT2D eigenvalue weighted by atomic mass is 19.4. The van der Waals surface area contributed by atoms with Crippen molar-refractivity contribution in [1.29, 1.82) is 0 Å². The number of ether oxygens (including phenoxy) is 1. The Kier molecular flexibility index (Phi) is 7.93. The normalized spacial score (nSPS) is 13.9. The molecule has 0 bridgehead atoms. The minimum absolute atomic E-state index is 0.0253. The van der Waals surface area contributed by atoms with Crippen LogP contribution in [0.5, 0.6) is 0 Å². The molecule has 0 amide bonds. The number of alkyl halides is 3. The minimum Gasteiger partial charge on any atom is -0.481 e. The number of nitrogens with zero attached hydrogens (tertiary/aromatic N) is 1. The van der Waals surface area contributed by atoms with E-state index in [4.69, 9.17) is 5.11 Å². The molecule has 0 rings (SSSR count). The van der Waals surface area contributed by atoms with Gasteiger partial charge in [-0.3, -0.25) is 4.79 Å². The molecule has 0 aromatic rings. The molecule has 1 atom stereocenters. The maximum atomic E-state index is 11.8. The monoisotopic (exact) mass is 271 g/mol. The summed E-state index contributed by atoms with van der Waals surface area (Å²) in [6.07, 6.45) is -3.83. The lowest BCUT2D eigenvalue weighted by atomic mass is 10.1. The molecule has 0 aromatic carbocycles. The summed E-state index contributed by atoms with van der Waals surface area (Å²) in [5, 5.41) is 8.75. The first kappa shape index (κ1) is 17.2. The first-order valence-corrected chi connectivity index (χ1v) is 5.86. The van der Waals surface area contributed by atoms with Gasteiger partial charge in [-0.25, -0.2) is 0 Å². The van der Waals surface area contributed by atoms with Gasteiger partial charge in [0.2, 0.25) is 0 Å². The summed E-state index contributed by atoms with van der Waals surface area (Å²) in [5.41, 5.74) is 0. The van der Waals surface area contributed by atoms with Gasteiger partial charge in [-0.05, 0) is 13.0 Å². The van der Waals surface area contributed by atoms with Crippen molar-refractivity contribution in [2.45, 2.75) is 26.4 Å². The molecule has 0 radical (unpaired) electrons. The van der Waals surface area contributed by atoms with Gasteiger partial charge in [0.05, 0.1) is 5.92 Å². The Labute approximate surface area is 105 Å². The van der Waals surface area contributed by atoms with Crippen molar-refractivity contribution in [2.24, 2.45) is 5.92 Å². The van der Waals surface area contributed by atoms with Crippen molar-refractivity contribution in [3.63, 3.8) is 0 Å². The summed E-state index contributed by atoms with van der Waals surface area (Å²) in [5.74, 6) is -1.36. The topological polar surface area (TPSA) is 49.8 Å². The Morgan fingerprint density at radius 3 is 2.50 bits per heavy atom. The van der Waals surface area contributed by atoms with Crippen molar-refractivity contribution in [3.8, 4) is 0 Å². The highest BCUT2D eigenvalue weighted by Crippen LogP contribution is 2.14. The second-order valence-electron chi connectivity index (χ2n) is 4.15. The van der Waals surface area contributed by atoms with E-state index >= 15 is 0 Å². The largest absolute Gasteiger partial charge is 0.481 e. The van der Waals surface area contributed by atoms with Gasteiger partial charge >= 0.3 is 12.1 Å². The van der Waals surface area contributed by atoms with Gasteiger partial charge < -0.3 is 14.7 Å². The standard InChI is InChI=1S/C11H20F3NO3/c1-3-15(7-9(2)10(16)17)5-4-6-18-8-11(12,13)14/h9H,3-8H2,1-2H3,(H,16,17). The van der Waals surface area contributed by atoms with Crippen LogP contribution in [-0.2, 0) is 9.53 Å². The number of carboxylic acid groups (broad SMARTS) is 1. The van der Waals surface area contributed by atoms with E-state index in [0.29, 0.717) is 26.1 Å². The number of aliphatic carboxylic acids is 1. The van der Waals surface area contributed by atoms with Crippen LogP contribution in [0.25, 0.3) is 0 Å². The van der Waals surface area contributed by atoms with E-state index in [9.17, 15) is 18.0 Å². The number of carboxylic acids is 1. The molecule has 0 aromatic heterocycles. The van der Waals surface area contributed by atoms with Crippen molar-refractivity contribution in [2.75, 3.05) is 32.8 Å². The zero-order valence-corrected chi connectivity index (χ0v) is 10.7. The van der Waals surface area contributed by atoms with Gasteiger partial charge in [-0.15, -0.1) is 0 Å². The van der Waals surface area contributed by atoms with Gasteiger partial charge in [0.25, 0.3) is 0 Å². The van der Waals surface area contributed by atoms with Gasteiger partial charge in [-0.1, -0.05) is 13.8 Å². The summed E-state index contributed by atoms with van der Waals surface area (Å²) in [4.78, 5) is 12.5. The van der Waals surface area contributed by atoms with Crippen LogP contribution in [0.15, 0.2) is 0 Å². The molecule has 0 aliphatic carbocycles. The van der Waals surface area contributed by atoms with Crippen molar-refractivity contribution < 1.29 is 27.8 Å². The van der Waals surface area contributed by atoms with Crippen LogP contribution < -0.4 is 0 Å². The fourth-order valence-corrected chi connectivity index (χ4v) is 1.42. The number of carbonyl (C=O) groups is 1. The third-order valence-corrected chi connectivity index (χ3v) is 2.43. The zero-order chi connectivity index (χ0) is 14.2. The van der Waals surface area contributed by atoms with Crippen molar-refractivity contribution >= 4 is 5.97 Å². The average molecular weight is 271 g/mol. The predicted molar refractivity (Wildman–Crippen MR) is 60.4 cm³/mol. The molecule has 4 nitrogen and oxygen atoms in total. The molecule has 0 saturated heterocycles. The Morgan fingerprint density at radius 1 is 1.44 bits per heavy atom. The number of hydrogen-bond acceptors (Lipinski definition) is 3. The second kappa shape index (κ2) is 8.31. The van der Waals surface area contributed by atoms with Crippen LogP contribution in [0, 0.1) is 5.92 Å². The van der Waals surface area contributed by atoms with Crippen LogP contribution in [-0.4, -0.2) is 55.0 Å². The summed E-state index contributed by atoms with van der Waals surface area (Å²) in [7, 11) is 0. The third kappa shape index (κ3) is 9.23. The van der Waals surface area contributed by atoms with Crippen LogP contribution in [0.2, 0.25) is 0 Å². The highest BCUT2D eigenvalue weighted by Gasteiger charge is 2.27. The quantitative estimate of drug-likeness (QED) is 0.652. The molecule has 0 aliphatic heterocycles. The maximum Gasteiger partial charge on any atom is 0.411 e. The lowest BCUT2D eigenvalue weighted by Crippen LogP contribution is -2.33. The third-order valence-electron chi connectivity index (χ3n) is 2.43. The van der Waals surface area contributed by atoms with E-state index in [1.807, 2.05) is 11.8 Å². The smallest absolute Gasteiger partial charge is 0.411 e. The van der Waals surface area contributed by atoms with E-state index in [0.717, 1.165) is 0 Å². The average Bonchev–Trinajstić information content (AvgIpc) is 2.25. The van der Waals surface area contributed by atoms with E-state index in [2.05, 4.69) is 4.74 Å². The van der Waals surface area contributed by atoms with Gasteiger partial charge in [0, 0.05) is 19.7 Å². The lowest BCUT2D eigenvalue weighted by Gasteiger charge is -2.22. The van der Waals surface area contributed by atoms with Gasteiger partial charge in [0.1, 0.15) is 6.61 Å². The molecule has 0 fully saturated rings. The van der Waals surface area contributed by atoms with E-state index < -0.39 is 24.7 Å². The zero-order valence-electron chi connectivity index (χ0n) is 10.7. The van der Waals surface area contributed by atoms with Crippen molar-refractivity contribution in [3.05, 3.63) is 0 Å².